The van der Waals surface area contributed by atoms with E-state index in [-0.39, 0.29) is 35.9 Å². The number of sulfonamides is 1. The van der Waals surface area contributed by atoms with Gasteiger partial charge in [0.25, 0.3) is 0 Å². The first-order valence-corrected chi connectivity index (χ1v) is 21.8. The van der Waals surface area contributed by atoms with Gasteiger partial charge in [0.2, 0.25) is 15.9 Å². The molecule has 3 aromatic rings. The Morgan fingerprint density at radius 2 is 1.57 bits per heavy atom. The first kappa shape index (κ1) is 36.0. The molecule has 0 amide bonds. The number of carbonyl (C=O) groups excluding carboxylic acids is 1. The molecule has 47 heavy (non-hydrogen) atoms. The second-order valence-corrected chi connectivity index (χ2v) is 22.5. The largest absolute Gasteiger partial charge is 0.493 e. The van der Waals surface area contributed by atoms with Crippen LogP contribution >= 0.6 is 0 Å². The maximum atomic E-state index is 13.7. The normalized spacial score (nSPS) is 15.7. The van der Waals surface area contributed by atoms with Crippen molar-refractivity contribution in [1.82, 2.24) is 9.03 Å². The summed E-state index contributed by atoms with van der Waals surface area (Å²) in [5.74, 6) is -1.03. The smallest absolute Gasteiger partial charge is 0.332 e. The van der Waals surface area contributed by atoms with Crippen LogP contribution in [-0.2, 0) is 42.8 Å². The lowest BCUT2D eigenvalue weighted by atomic mass is 10.0. The first-order valence-electron chi connectivity index (χ1n) is 15.2. The van der Waals surface area contributed by atoms with Gasteiger partial charge in [-0.3, -0.25) is 4.79 Å². The van der Waals surface area contributed by atoms with Crippen LogP contribution in [0.3, 0.4) is 0 Å². The first-order chi connectivity index (χ1) is 21.9. The zero-order valence-corrected chi connectivity index (χ0v) is 30.1. The highest BCUT2D eigenvalue weighted by molar-refractivity contribution is 7.91. The Hall–Kier alpha value is -3.85. The predicted octanol–water partition coefficient (Wildman–Crippen LogP) is 5.56. The third kappa shape index (κ3) is 9.59. The molecule has 14 heteroatoms. The van der Waals surface area contributed by atoms with Crippen molar-refractivity contribution in [2.75, 3.05) is 10.8 Å². The van der Waals surface area contributed by atoms with Crippen molar-refractivity contribution in [3.63, 3.8) is 0 Å². The Morgan fingerprint density at radius 1 is 0.957 bits per heavy atom. The molecule has 0 saturated heterocycles. The van der Waals surface area contributed by atoms with Gasteiger partial charge in [-0.2, -0.15) is 13.1 Å². The number of hydrogen-bond donors (Lipinski definition) is 2. The molecule has 0 aliphatic carbocycles. The number of aliphatic hydroxyl groups excluding tert-OH is 1. The summed E-state index contributed by atoms with van der Waals surface area (Å²) in [5.41, 5.74) is 0.556. The lowest BCUT2D eigenvalue weighted by Crippen LogP contribution is -2.45. The van der Waals surface area contributed by atoms with Crippen molar-refractivity contribution in [2.45, 2.75) is 76.0 Å². The van der Waals surface area contributed by atoms with Crippen LogP contribution in [0.15, 0.2) is 95.8 Å². The highest BCUT2D eigenvalue weighted by Gasteiger charge is 2.40. The third-order valence-corrected chi connectivity index (χ3v) is 12.0. The number of nitrogens with one attached hydrogen (secondary N) is 1. The van der Waals surface area contributed by atoms with E-state index in [0.717, 1.165) is 20.4 Å². The maximum absolute atomic E-state index is 13.7. The Balaban J connectivity index is 1.71. The van der Waals surface area contributed by atoms with Crippen molar-refractivity contribution in [1.29, 1.82) is 0 Å². The minimum atomic E-state index is -4.18. The number of hydrogen-bond acceptors (Lipinski definition) is 8. The van der Waals surface area contributed by atoms with Crippen LogP contribution in [-0.4, -0.2) is 58.5 Å². The molecule has 254 valence electrons. The molecule has 1 heterocycles. The van der Waals surface area contributed by atoms with Crippen molar-refractivity contribution in [3.8, 4) is 5.75 Å². The number of benzene rings is 3. The van der Waals surface area contributed by atoms with E-state index in [1.165, 1.54) is 18.2 Å². The predicted molar refractivity (Wildman–Crippen MR) is 184 cm³/mol. The molecule has 2 N–H and O–H groups in total. The number of nitrogens with zero attached hydrogens (tertiary/aromatic N) is 2. The zero-order valence-electron chi connectivity index (χ0n) is 27.5. The van der Waals surface area contributed by atoms with Gasteiger partial charge in [0.05, 0.1) is 11.1 Å². The number of carbonyl (C=O) groups is 1. The standard InChI is InChI=1S/C33H43N3O8S2Si/c1-33(2,3)44-32(38)28(34-45(39,40)27-15-11-8-12-16-27)21-26-17-18-29(30(22-26)43-24-25-13-9-7-10-14-25)36-23-31(37)35(46(36,41)42)19-20-47(4,5)6/h7-18,22-23,28,34,37H,19-21,24H2,1-6H3. The van der Waals surface area contributed by atoms with E-state index in [1.54, 1.807) is 51.1 Å². The van der Waals surface area contributed by atoms with E-state index >= 15 is 0 Å². The van der Waals surface area contributed by atoms with E-state index in [4.69, 9.17) is 9.47 Å². The van der Waals surface area contributed by atoms with Gasteiger partial charge in [-0.1, -0.05) is 74.2 Å². The second kappa shape index (κ2) is 14.1. The van der Waals surface area contributed by atoms with Crippen molar-refractivity contribution < 1.29 is 36.2 Å². The van der Waals surface area contributed by atoms with Gasteiger partial charge in [-0.05, 0) is 68.6 Å². The molecule has 0 fully saturated rings. The molecule has 0 aromatic heterocycles. The molecule has 1 aliphatic heterocycles. The summed E-state index contributed by atoms with van der Waals surface area (Å²) >= 11 is 0. The molecule has 0 saturated carbocycles. The van der Waals surface area contributed by atoms with Gasteiger partial charge in [-0.25, -0.2) is 17.0 Å². The molecule has 0 spiro atoms. The van der Waals surface area contributed by atoms with Crippen LogP contribution in [0.25, 0.3) is 0 Å². The fourth-order valence-corrected chi connectivity index (χ4v) is 8.38. The fourth-order valence-electron chi connectivity index (χ4n) is 4.68. The topological polar surface area (TPSA) is 143 Å². The summed E-state index contributed by atoms with van der Waals surface area (Å²) in [5, 5.41) is 10.7. The van der Waals surface area contributed by atoms with Gasteiger partial charge in [0, 0.05) is 14.6 Å². The van der Waals surface area contributed by atoms with Crippen LogP contribution in [0.5, 0.6) is 5.75 Å². The van der Waals surface area contributed by atoms with Crippen LogP contribution in [0.4, 0.5) is 5.69 Å². The van der Waals surface area contributed by atoms with E-state index < -0.39 is 51.8 Å². The third-order valence-electron chi connectivity index (χ3n) is 7.06. The number of rotatable bonds is 13. The Morgan fingerprint density at radius 3 is 2.17 bits per heavy atom. The minimum absolute atomic E-state index is 0.0136. The molecule has 1 atom stereocenters. The summed E-state index contributed by atoms with van der Waals surface area (Å²) in [6.07, 6.45) is 1.01. The number of anilines is 1. The quantitative estimate of drug-likeness (QED) is 0.174. The average molecular weight is 702 g/mol. The number of aliphatic hydroxyl groups is 1. The molecule has 0 bridgehead atoms. The summed E-state index contributed by atoms with van der Waals surface area (Å²) in [4.78, 5) is 13.3. The Bertz CT molecular complexity index is 1810. The SMILES string of the molecule is CC(C)(C)OC(=O)C(Cc1ccc(N2C=C(O)N(CC[Si](C)(C)C)S2(=O)=O)c(OCc2ccccc2)c1)NS(=O)(=O)c1ccccc1. The summed E-state index contributed by atoms with van der Waals surface area (Å²) in [6.45, 7) is 11.6. The lowest BCUT2D eigenvalue weighted by molar-refractivity contribution is -0.156. The van der Waals surface area contributed by atoms with E-state index in [9.17, 15) is 26.7 Å². The Labute approximate surface area is 279 Å². The number of esters is 1. The van der Waals surface area contributed by atoms with Gasteiger partial charge < -0.3 is 14.6 Å². The van der Waals surface area contributed by atoms with Gasteiger partial charge in [0.15, 0.2) is 0 Å². The van der Waals surface area contributed by atoms with E-state index in [0.29, 0.717) is 11.6 Å². The highest BCUT2D eigenvalue weighted by atomic mass is 32.2. The molecule has 3 aromatic carbocycles. The summed E-state index contributed by atoms with van der Waals surface area (Å²) < 4.78 is 70.1. The molecular weight excluding hydrogens is 659 g/mol. The van der Waals surface area contributed by atoms with Crippen LogP contribution < -0.4 is 13.8 Å². The summed E-state index contributed by atoms with van der Waals surface area (Å²) in [6, 6.07) is 21.0. The maximum Gasteiger partial charge on any atom is 0.332 e. The molecule has 4 rings (SSSR count). The molecular formula is C33H43N3O8S2Si. The Kier molecular flexibility index (Phi) is 10.8. The van der Waals surface area contributed by atoms with Crippen LogP contribution in [0.2, 0.25) is 25.7 Å². The molecule has 0 radical (unpaired) electrons. The fraction of sp³-hybridized carbons (Fsp3) is 0.364. The molecule has 1 unspecified atom stereocenters. The summed E-state index contributed by atoms with van der Waals surface area (Å²) in [7, 11) is -9.93. The van der Waals surface area contributed by atoms with Crippen molar-refractivity contribution in [2.24, 2.45) is 0 Å². The van der Waals surface area contributed by atoms with Gasteiger partial charge >= 0.3 is 16.2 Å². The minimum Gasteiger partial charge on any atom is -0.493 e. The van der Waals surface area contributed by atoms with Gasteiger partial charge in [-0.15, -0.1) is 0 Å². The zero-order chi connectivity index (χ0) is 34.6. The van der Waals surface area contributed by atoms with E-state index in [2.05, 4.69) is 24.4 Å². The van der Waals surface area contributed by atoms with Crippen LogP contribution in [0.1, 0.15) is 31.9 Å². The molecule has 1 aliphatic rings. The molecule has 11 nitrogen and oxygen atoms in total. The van der Waals surface area contributed by atoms with Crippen LogP contribution in [0, 0.1) is 0 Å². The average Bonchev–Trinajstić information content (AvgIpc) is 3.21. The number of ether oxygens (including phenoxy) is 2. The van der Waals surface area contributed by atoms with E-state index in [1.807, 2.05) is 30.3 Å². The van der Waals surface area contributed by atoms with Crippen molar-refractivity contribution in [3.05, 3.63) is 102 Å². The highest BCUT2D eigenvalue weighted by Crippen LogP contribution is 2.38. The monoisotopic (exact) mass is 701 g/mol. The lowest BCUT2D eigenvalue weighted by Gasteiger charge is -2.26. The van der Waals surface area contributed by atoms with Crippen molar-refractivity contribution >= 4 is 40.0 Å². The second-order valence-electron chi connectivity index (χ2n) is 13.5. The van der Waals surface area contributed by atoms with Gasteiger partial charge in [0.1, 0.15) is 29.7 Å².